The quantitative estimate of drug-likeness (QED) is 0.162. The zero-order chi connectivity index (χ0) is 39.1. The molecule has 11 aromatic rings. The highest BCUT2D eigenvalue weighted by Crippen LogP contribution is 2.40. The van der Waals surface area contributed by atoms with Crippen molar-refractivity contribution in [3.05, 3.63) is 206 Å². The summed E-state index contributed by atoms with van der Waals surface area (Å²) in [6, 6.07) is 71.0. The molecular formula is C54H34N4O. The second-order valence-corrected chi connectivity index (χ2v) is 14.6. The topological polar surface area (TPSA) is 64.7 Å². The molecule has 3 aromatic heterocycles. The molecule has 0 fully saturated rings. The molecule has 0 amide bonds. The number of benzene rings is 8. The summed E-state index contributed by atoms with van der Waals surface area (Å²) in [7, 11) is 0. The summed E-state index contributed by atoms with van der Waals surface area (Å²) in [5.74, 6) is 1.90. The third kappa shape index (κ3) is 6.41. The fourth-order valence-electron chi connectivity index (χ4n) is 7.91. The van der Waals surface area contributed by atoms with E-state index in [4.69, 9.17) is 24.4 Å². The largest absolute Gasteiger partial charge is 0.455 e. The Kier molecular flexibility index (Phi) is 8.41. The number of aromatic nitrogens is 4. The summed E-state index contributed by atoms with van der Waals surface area (Å²) < 4.78 is 6.49. The molecule has 8 aromatic carbocycles. The molecule has 0 unspecified atom stereocenters. The molecule has 0 radical (unpaired) electrons. The van der Waals surface area contributed by atoms with Gasteiger partial charge in [-0.15, -0.1) is 0 Å². The van der Waals surface area contributed by atoms with E-state index in [9.17, 15) is 0 Å². The van der Waals surface area contributed by atoms with E-state index in [1.807, 2.05) is 54.6 Å². The Morgan fingerprint density at radius 1 is 0.288 bits per heavy atom. The lowest BCUT2D eigenvalue weighted by molar-refractivity contribution is 0.672. The third-order valence-corrected chi connectivity index (χ3v) is 11.0. The van der Waals surface area contributed by atoms with Gasteiger partial charge in [-0.3, -0.25) is 0 Å². The Labute approximate surface area is 341 Å². The van der Waals surface area contributed by atoms with Gasteiger partial charge < -0.3 is 4.42 Å². The lowest BCUT2D eigenvalue weighted by atomic mass is 9.97. The van der Waals surface area contributed by atoms with Gasteiger partial charge in [0.05, 0.1) is 16.6 Å². The number of hydrogen-bond donors (Lipinski definition) is 0. The molecule has 11 rings (SSSR count). The molecule has 0 atom stereocenters. The number of pyridine rings is 1. The zero-order valence-electron chi connectivity index (χ0n) is 31.8. The van der Waals surface area contributed by atoms with Crippen molar-refractivity contribution < 1.29 is 4.42 Å². The molecule has 0 aliphatic heterocycles. The summed E-state index contributed by atoms with van der Waals surface area (Å²) in [4.78, 5) is 20.1. The number of hydrogen-bond acceptors (Lipinski definition) is 5. The smallest absolute Gasteiger partial charge is 0.164 e. The van der Waals surface area contributed by atoms with Gasteiger partial charge in [-0.25, -0.2) is 19.9 Å². The van der Waals surface area contributed by atoms with Crippen LogP contribution in [0.25, 0.3) is 112 Å². The first-order chi connectivity index (χ1) is 29.2. The lowest BCUT2D eigenvalue weighted by Crippen LogP contribution is -2.00. The van der Waals surface area contributed by atoms with Gasteiger partial charge in [0.25, 0.3) is 0 Å². The van der Waals surface area contributed by atoms with E-state index in [2.05, 4.69) is 152 Å². The maximum absolute atomic E-state index is 6.49. The van der Waals surface area contributed by atoms with Crippen molar-refractivity contribution in [3.8, 4) is 78.8 Å². The normalized spacial score (nSPS) is 11.4. The Bertz CT molecular complexity index is 3270. The average Bonchev–Trinajstić information content (AvgIpc) is 3.72. The predicted octanol–water partition coefficient (Wildman–Crippen LogP) is 14.0. The van der Waals surface area contributed by atoms with Crippen LogP contribution < -0.4 is 0 Å². The van der Waals surface area contributed by atoms with Gasteiger partial charge in [-0.1, -0.05) is 188 Å². The molecule has 0 saturated carbocycles. The molecule has 5 heteroatoms. The molecule has 0 N–H and O–H groups in total. The first-order valence-electron chi connectivity index (χ1n) is 19.7. The number of nitrogens with zero attached hydrogens (tertiary/aromatic N) is 4. The molecule has 0 spiro atoms. The Balaban J connectivity index is 0.907. The van der Waals surface area contributed by atoms with Crippen molar-refractivity contribution in [2.75, 3.05) is 0 Å². The van der Waals surface area contributed by atoms with Crippen molar-refractivity contribution >= 4 is 32.8 Å². The van der Waals surface area contributed by atoms with E-state index < -0.39 is 0 Å². The zero-order valence-corrected chi connectivity index (χ0v) is 31.8. The summed E-state index contributed by atoms with van der Waals surface area (Å²) in [5, 5.41) is 3.12. The first-order valence-corrected chi connectivity index (χ1v) is 19.7. The Hall–Kier alpha value is -8.02. The van der Waals surface area contributed by atoms with Gasteiger partial charge in [0, 0.05) is 33.0 Å². The van der Waals surface area contributed by atoms with E-state index >= 15 is 0 Å². The molecule has 0 aliphatic rings. The Morgan fingerprint density at radius 2 is 0.678 bits per heavy atom. The van der Waals surface area contributed by atoms with E-state index in [1.54, 1.807) is 0 Å². The van der Waals surface area contributed by atoms with E-state index in [0.29, 0.717) is 17.5 Å². The van der Waals surface area contributed by atoms with Crippen LogP contribution in [0, 0.1) is 0 Å². The van der Waals surface area contributed by atoms with Gasteiger partial charge in [0.15, 0.2) is 17.5 Å². The minimum Gasteiger partial charge on any atom is -0.455 e. The van der Waals surface area contributed by atoms with Crippen molar-refractivity contribution in [1.29, 1.82) is 0 Å². The van der Waals surface area contributed by atoms with Gasteiger partial charge in [0.2, 0.25) is 0 Å². The first kappa shape index (κ1) is 34.2. The number of rotatable bonds is 7. The minimum absolute atomic E-state index is 0.628. The van der Waals surface area contributed by atoms with Gasteiger partial charge in [-0.2, -0.15) is 0 Å². The number of para-hydroxylation sites is 1. The highest BCUT2D eigenvalue weighted by molar-refractivity contribution is 6.19. The van der Waals surface area contributed by atoms with Crippen LogP contribution in [-0.4, -0.2) is 19.9 Å². The van der Waals surface area contributed by atoms with Crippen LogP contribution in [0.3, 0.4) is 0 Å². The van der Waals surface area contributed by atoms with Crippen LogP contribution in [0.15, 0.2) is 211 Å². The van der Waals surface area contributed by atoms with Crippen LogP contribution in [-0.2, 0) is 0 Å². The summed E-state index contributed by atoms with van der Waals surface area (Å²) in [6.45, 7) is 0. The molecule has 3 heterocycles. The van der Waals surface area contributed by atoms with Gasteiger partial charge in [0.1, 0.15) is 11.2 Å². The van der Waals surface area contributed by atoms with Crippen LogP contribution >= 0.6 is 0 Å². The van der Waals surface area contributed by atoms with E-state index in [-0.39, 0.29) is 0 Å². The maximum atomic E-state index is 6.49. The third-order valence-electron chi connectivity index (χ3n) is 11.0. The van der Waals surface area contributed by atoms with Crippen LogP contribution in [0.4, 0.5) is 0 Å². The Morgan fingerprint density at radius 3 is 1.22 bits per heavy atom. The van der Waals surface area contributed by atoms with Gasteiger partial charge >= 0.3 is 0 Å². The van der Waals surface area contributed by atoms with Crippen molar-refractivity contribution in [1.82, 2.24) is 19.9 Å². The van der Waals surface area contributed by atoms with Crippen LogP contribution in [0.2, 0.25) is 0 Å². The second kappa shape index (κ2) is 14.5. The maximum Gasteiger partial charge on any atom is 0.164 e. The highest BCUT2D eigenvalue weighted by Gasteiger charge is 2.18. The number of fused-ring (bicyclic) bond motifs is 5. The SMILES string of the molecule is c1ccc(-c2ccc(-c3nc(-c4ccccc4)nc(-c4ccc(-c5ccc(-c6ccc7c(c6)nc(-c6ccccc6)c6c8ccccc8oc76)cc5)cc4)n3)cc2)cc1. The van der Waals surface area contributed by atoms with E-state index in [1.165, 1.54) is 5.56 Å². The molecule has 5 nitrogen and oxygen atoms in total. The van der Waals surface area contributed by atoms with Crippen molar-refractivity contribution in [2.45, 2.75) is 0 Å². The van der Waals surface area contributed by atoms with Crippen molar-refractivity contribution in [3.63, 3.8) is 0 Å². The molecule has 0 aliphatic carbocycles. The predicted molar refractivity (Wildman–Crippen MR) is 240 cm³/mol. The summed E-state index contributed by atoms with van der Waals surface area (Å²) in [6.07, 6.45) is 0. The molecule has 0 bridgehead atoms. The fraction of sp³-hybridized carbons (Fsp3) is 0. The fourth-order valence-corrected chi connectivity index (χ4v) is 7.91. The molecule has 59 heavy (non-hydrogen) atoms. The van der Waals surface area contributed by atoms with E-state index in [0.717, 1.165) is 88.6 Å². The summed E-state index contributed by atoms with van der Waals surface area (Å²) >= 11 is 0. The monoisotopic (exact) mass is 754 g/mol. The van der Waals surface area contributed by atoms with Gasteiger partial charge in [-0.05, 0) is 51.6 Å². The van der Waals surface area contributed by atoms with Crippen molar-refractivity contribution in [2.24, 2.45) is 0 Å². The molecular weight excluding hydrogens is 721 g/mol. The lowest BCUT2D eigenvalue weighted by Gasteiger charge is -2.10. The molecule has 276 valence electrons. The minimum atomic E-state index is 0.628. The molecule has 0 saturated heterocycles. The van der Waals surface area contributed by atoms with Crippen LogP contribution in [0.5, 0.6) is 0 Å². The summed E-state index contributed by atoms with van der Waals surface area (Å²) in [5.41, 5.74) is 14.2. The number of furan rings is 1. The average molecular weight is 755 g/mol. The van der Waals surface area contributed by atoms with Crippen LogP contribution in [0.1, 0.15) is 0 Å². The highest BCUT2D eigenvalue weighted by atomic mass is 16.3. The standard InChI is InChI=1S/C54H34N4O/c1-4-12-35(13-5-1)36-24-28-42(29-25-36)53-56-52(41-16-8-3-9-17-41)57-54(58-53)43-30-26-38(27-31-43)37-20-22-39(23-21-37)44-32-33-45-47(34-44)55-50(40-14-6-2-7-15-40)49-46-18-10-11-19-48(46)59-51(45)49/h1-34H. The second-order valence-electron chi connectivity index (χ2n) is 14.6.